The van der Waals surface area contributed by atoms with E-state index < -0.39 is 29.7 Å². The van der Waals surface area contributed by atoms with Gasteiger partial charge in [0.2, 0.25) is 0 Å². The zero-order valence-corrected chi connectivity index (χ0v) is 11.9. The van der Waals surface area contributed by atoms with Crippen molar-refractivity contribution < 1.29 is 14.9 Å². The second-order valence-electron chi connectivity index (χ2n) is 5.25. The van der Waals surface area contributed by atoms with Gasteiger partial charge < -0.3 is 14.9 Å². The minimum atomic E-state index is -0.857. The molecule has 1 aliphatic rings. The lowest BCUT2D eigenvalue weighted by atomic mass is 10.2. The van der Waals surface area contributed by atoms with E-state index in [1.807, 2.05) is 13.8 Å². The average molecular weight is 294 g/mol. The van der Waals surface area contributed by atoms with E-state index in [1.54, 1.807) is 0 Å². The molecule has 2 heterocycles. The van der Waals surface area contributed by atoms with E-state index in [1.165, 1.54) is 10.8 Å². The first kappa shape index (κ1) is 15.5. The Morgan fingerprint density at radius 2 is 2.24 bits per heavy atom. The van der Waals surface area contributed by atoms with Gasteiger partial charge in [0, 0.05) is 18.5 Å². The van der Waals surface area contributed by atoms with E-state index >= 15 is 0 Å². The Bertz CT molecular complexity index is 679. The molecular formula is C14H18N2O5. The number of aliphatic hydroxyl groups is 2. The largest absolute Gasteiger partial charge is 0.394 e. The quantitative estimate of drug-likeness (QED) is 0.619. The van der Waals surface area contributed by atoms with Crippen molar-refractivity contribution in [1.82, 2.24) is 9.55 Å². The number of aliphatic hydroxyl groups excluding tert-OH is 2. The highest BCUT2D eigenvalue weighted by atomic mass is 16.5. The Balaban J connectivity index is 2.38. The van der Waals surface area contributed by atoms with Crippen LogP contribution in [-0.2, 0) is 4.74 Å². The lowest BCUT2D eigenvalue weighted by Crippen LogP contribution is -2.33. The molecule has 1 fully saturated rings. The highest BCUT2D eigenvalue weighted by Crippen LogP contribution is 2.27. The van der Waals surface area contributed by atoms with E-state index in [0.29, 0.717) is 0 Å². The molecule has 0 aromatic carbocycles. The van der Waals surface area contributed by atoms with Crippen LogP contribution < -0.4 is 11.2 Å². The first-order valence-electron chi connectivity index (χ1n) is 6.73. The highest BCUT2D eigenvalue weighted by molar-refractivity contribution is 5.30. The molecule has 3 atom stereocenters. The predicted molar refractivity (Wildman–Crippen MR) is 74.7 cm³/mol. The van der Waals surface area contributed by atoms with Crippen molar-refractivity contribution in [3.05, 3.63) is 32.6 Å². The van der Waals surface area contributed by atoms with Gasteiger partial charge >= 0.3 is 5.69 Å². The molecule has 0 radical (unpaired) electrons. The topological polar surface area (TPSA) is 105 Å². The first-order valence-corrected chi connectivity index (χ1v) is 6.73. The standard InChI is InChI=1S/C14H18N2O5/c1-8(2)3-4-9-6-16(14(20)15-13(9)19)12-5-10(18)11(7-17)21-12/h6,8,10-12,17-18H,5,7H2,1-2H3,(H,15,19,20)/t10-,11+,12+/m0/s1. The summed E-state index contributed by atoms with van der Waals surface area (Å²) in [6.45, 7) is 3.44. The van der Waals surface area contributed by atoms with Gasteiger partial charge in [-0.2, -0.15) is 0 Å². The minimum absolute atomic E-state index is 0.0908. The fourth-order valence-corrected chi connectivity index (χ4v) is 2.06. The van der Waals surface area contributed by atoms with Crippen molar-refractivity contribution in [3.63, 3.8) is 0 Å². The zero-order valence-electron chi connectivity index (χ0n) is 11.9. The molecular weight excluding hydrogens is 276 g/mol. The summed E-state index contributed by atoms with van der Waals surface area (Å²) in [5.41, 5.74) is -1.03. The average Bonchev–Trinajstić information content (AvgIpc) is 2.78. The fraction of sp³-hybridized carbons (Fsp3) is 0.571. The molecule has 0 bridgehead atoms. The van der Waals surface area contributed by atoms with Crippen molar-refractivity contribution in [2.45, 2.75) is 38.7 Å². The lowest BCUT2D eigenvalue weighted by molar-refractivity contribution is -0.0459. The van der Waals surface area contributed by atoms with Crippen LogP contribution in [0.4, 0.5) is 0 Å². The van der Waals surface area contributed by atoms with E-state index in [9.17, 15) is 14.7 Å². The van der Waals surface area contributed by atoms with E-state index in [0.717, 1.165) is 0 Å². The molecule has 0 aliphatic carbocycles. The summed E-state index contributed by atoms with van der Waals surface area (Å²) in [6, 6.07) is 0. The molecule has 1 aromatic rings. The maximum Gasteiger partial charge on any atom is 0.330 e. The summed E-state index contributed by atoms with van der Waals surface area (Å²) >= 11 is 0. The molecule has 0 saturated carbocycles. The molecule has 21 heavy (non-hydrogen) atoms. The summed E-state index contributed by atoms with van der Waals surface area (Å²) in [4.78, 5) is 25.7. The summed E-state index contributed by atoms with van der Waals surface area (Å²) in [5, 5.41) is 18.8. The number of H-pyrrole nitrogens is 1. The van der Waals surface area contributed by atoms with Gasteiger partial charge in [0.05, 0.1) is 12.7 Å². The van der Waals surface area contributed by atoms with Crippen LogP contribution in [0.3, 0.4) is 0 Å². The van der Waals surface area contributed by atoms with Crippen molar-refractivity contribution in [1.29, 1.82) is 0 Å². The SMILES string of the molecule is CC(C)C#Cc1cn([C@H]2C[C@H](O)[C@@H](CO)O2)c(=O)[nH]c1=O. The highest BCUT2D eigenvalue weighted by Gasteiger charge is 2.35. The van der Waals surface area contributed by atoms with Crippen molar-refractivity contribution in [2.75, 3.05) is 6.61 Å². The Morgan fingerprint density at radius 3 is 2.81 bits per heavy atom. The number of aromatic amines is 1. The maximum absolute atomic E-state index is 11.9. The van der Waals surface area contributed by atoms with E-state index in [2.05, 4.69) is 16.8 Å². The molecule has 0 spiro atoms. The van der Waals surface area contributed by atoms with Gasteiger partial charge in [0.1, 0.15) is 17.9 Å². The van der Waals surface area contributed by atoms with Crippen LogP contribution in [0, 0.1) is 17.8 Å². The zero-order chi connectivity index (χ0) is 15.6. The third-order valence-corrected chi connectivity index (χ3v) is 3.16. The van der Waals surface area contributed by atoms with Crippen LogP contribution in [0.15, 0.2) is 15.8 Å². The number of hydrogen-bond donors (Lipinski definition) is 3. The summed E-state index contributed by atoms with van der Waals surface area (Å²) in [6.07, 6.45) is -0.841. The number of rotatable bonds is 2. The van der Waals surface area contributed by atoms with Gasteiger partial charge in [0.25, 0.3) is 5.56 Å². The molecule has 7 heteroatoms. The smallest absolute Gasteiger partial charge is 0.330 e. The van der Waals surface area contributed by atoms with Crippen LogP contribution in [-0.4, -0.2) is 38.6 Å². The number of ether oxygens (including phenoxy) is 1. The Kier molecular flexibility index (Phi) is 4.63. The first-order chi connectivity index (χ1) is 9.92. The number of nitrogens with zero attached hydrogens (tertiary/aromatic N) is 1. The van der Waals surface area contributed by atoms with E-state index in [-0.39, 0.29) is 24.5 Å². The van der Waals surface area contributed by atoms with Crippen LogP contribution in [0.1, 0.15) is 32.1 Å². The molecule has 1 aliphatic heterocycles. The van der Waals surface area contributed by atoms with Crippen LogP contribution in [0.25, 0.3) is 0 Å². The minimum Gasteiger partial charge on any atom is -0.394 e. The normalized spacial score (nSPS) is 24.9. The van der Waals surface area contributed by atoms with Gasteiger partial charge in [-0.05, 0) is 0 Å². The molecule has 114 valence electrons. The van der Waals surface area contributed by atoms with Crippen molar-refractivity contribution in [3.8, 4) is 11.8 Å². The van der Waals surface area contributed by atoms with Gasteiger partial charge in [-0.3, -0.25) is 14.3 Å². The fourth-order valence-electron chi connectivity index (χ4n) is 2.06. The van der Waals surface area contributed by atoms with Crippen molar-refractivity contribution in [2.24, 2.45) is 5.92 Å². The van der Waals surface area contributed by atoms with E-state index in [4.69, 9.17) is 9.84 Å². The second-order valence-corrected chi connectivity index (χ2v) is 5.25. The summed E-state index contributed by atoms with van der Waals surface area (Å²) in [5.74, 6) is 5.66. The van der Waals surface area contributed by atoms with Crippen LogP contribution in [0.2, 0.25) is 0 Å². The van der Waals surface area contributed by atoms with Gasteiger partial charge in [-0.1, -0.05) is 25.7 Å². The third kappa shape index (κ3) is 3.42. The van der Waals surface area contributed by atoms with Gasteiger partial charge in [0.15, 0.2) is 0 Å². The van der Waals surface area contributed by atoms with Gasteiger partial charge in [-0.25, -0.2) is 4.79 Å². The second kappa shape index (κ2) is 6.26. The molecule has 1 saturated heterocycles. The molecule has 0 amide bonds. The Labute approximate surface area is 121 Å². The van der Waals surface area contributed by atoms with Crippen LogP contribution in [0.5, 0.6) is 0 Å². The molecule has 3 N–H and O–H groups in total. The summed E-state index contributed by atoms with van der Waals surface area (Å²) < 4.78 is 6.59. The lowest BCUT2D eigenvalue weighted by Gasteiger charge is -2.14. The van der Waals surface area contributed by atoms with Crippen LogP contribution >= 0.6 is 0 Å². The number of hydrogen-bond acceptors (Lipinski definition) is 5. The van der Waals surface area contributed by atoms with Gasteiger partial charge in [-0.15, -0.1) is 0 Å². The van der Waals surface area contributed by atoms with Crippen molar-refractivity contribution >= 4 is 0 Å². The monoisotopic (exact) mass is 294 g/mol. The summed E-state index contributed by atoms with van der Waals surface area (Å²) in [7, 11) is 0. The maximum atomic E-state index is 11.9. The molecule has 2 rings (SSSR count). The molecule has 0 unspecified atom stereocenters. The predicted octanol–water partition coefficient (Wildman–Crippen LogP) is -0.815. The third-order valence-electron chi connectivity index (χ3n) is 3.16. The number of nitrogens with one attached hydrogen (secondary N) is 1. The molecule has 1 aromatic heterocycles. The molecule has 7 nitrogen and oxygen atoms in total. The number of aromatic nitrogens is 2. The Morgan fingerprint density at radius 1 is 1.52 bits per heavy atom. The Hall–Kier alpha value is -1.88.